The zero-order valence-electron chi connectivity index (χ0n) is 39.0. The molecule has 7 aliphatic heterocycles. The second-order valence-electron chi connectivity index (χ2n) is 18.2. The number of aryl methyl sites for hydroxylation is 4. The van der Waals surface area contributed by atoms with Crippen LogP contribution in [0.3, 0.4) is 0 Å². The number of aromatic nitrogens is 1. The molecular weight excluding hydrogens is 831 g/mol. The Kier molecular flexibility index (Phi) is 11.3. The van der Waals surface area contributed by atoms with Crippen LogP contribution in [0.5, 0.6) is 0 Å². The van der Waals surface area contributed by atoms with Gasteiger partial charge in [0.25, 0.3) is 0 Å². The van der Waals surface area contributed by atoms with Gasteiger partial charge >= 0.3 is 0 Å². The van der Waals surface area contributed by atoms with Crippen LogP contribution in [0.2, 0.25) is 0 Å². The van der Waals surface area contributed by atoms with Crippen LogP contribution in [0.4, 0.5) is 0 Å². The van der Waals surface area contributed by atoms with Gasteiger partial charge in [0.15, 0.2) is 12.4 Å². The van der Waals surface area contributed by atoms with Crippen molar-refractivity contribution in [2.45, 2.75) is 40.2 Å². The quantitative estimate of drug-likeness (QED) is 0.131. The summed E-state index contributed by atoms with van der Waals surface area (Å²) in [6.07, 6.45) is 41.3. The lowest BCUT2D eigenvalue weighted by Gasteiger charge is -2.20. The Morgan fingerprint density at radius 2 is 0.897 bits per heavy atom. The summed E-state index contributed by atoms with van der Waals surface area (Å²) in [4.78, 5) is 23.1. The van der Waals surface area contributed by atoms with Crippen LogP contribution in [0.25, 0.3) is 22.3 Å². The zero-order valence-corrected chi connectivity index (χ0v) is 39.0. The summed E-state index contributed by atoms with van der Waals surface area (Å²) in [6.45, 7) is 8.29. The Bertz CT molecular complexity index is 3230. The van der Waals surface area contributed by atoms with Crippen molar-refractivity contribution in [2.75, 3.05) is 13.6 Å². The molecule has 2 N–H and O–H groups in total. The molecule has 0 atom stereocenters. The van der Waals surface area contributed by atoms with Crippen molar-refractivity contribution in [1.82, 2.24) is 9.80 Å². The van der Waals surface area contributed by atoms with Gasteiger partial charge in [-0.15, -0.1) is 0 Å². The van der Waals surface area contributed by atoms with Gasteiger partial charge < -0.3 is 9.80 Å². The van der Waals surface area contributed by atoms with Gasteiger partial charge in [0.05, 0.1) is 34.0 Å². The van der Waals surface area contributed by atoms with Crippen molar-refractivity contribution >= 4 is 45.1 Å². The third-order valence-electron chi connectivity index (χ3n) is 13.2. The topological polar surface area (TPSA) is 63.0 Å². The van der Waals surface area contributed by atoms with Crippen LogP contribution >= 0.6 is 0 Å². The Morgan fingerprint density at radius 1 is 0.441 bits per heavy atom. The second-order valence-corrected chi connectivity index (χ2v) is 18.2. The van der Waals surface area contributed by atoms with E-state index in [1.807, 2.05) is 7.05 Å². The summed E-state index contributed by atoms with van der Waals surface area (Å²) >= 11 is 0. The molecule has 0 saturated heterocycles. The Balaban J connectivity index is 0.972. The van der Waals surface area contributed by atoms with Crippen molar-refractivity contribution in [3.8, 4) is 0 Å². The fourth-order valence-corrected chi connectivity index (χ4v) is 9.44. The number of aliphatic imine (C=N–C) groups is 2. The number of unbranched alkanes of at least 4 members (excludes halogenated alkanes) is 1. The molecule has 0 unspecified atom stereocenters. The maximum Gasteiger partial charge on any atom is 0.218 e. The van der Waals surface area contributed by atoms with E-state index in [9.17, 15) is 0 Å². The molecule has 7 nitrogen and oxygen atoms in total. The van der Waals surface area contributed by atoms with Crippen LogP contribution in [0.15, 0.2) is 239 Å². The maximum absolute atomic E-state index is 5.50. The summed E-state index contributed by atoms with van der Waals surface area (Å²) in [5, 5.41) is 0. The molecule has 68 heavy (non-hydrogen) atoms. The zero-order chi connectivity index (χ0) is 46.1. The molecule has 0 amide bonds. The first-order valence-corrected chi connectivity index (χ1v) is 23.6. The van der Waals surface area contributed by atoms with Crippen molar-refractivity contribution in [3.05, 3.63) is 268 Å². The van der Waals surface area contributed by atoms with Crippen LogP contribution in [0.1, 0.15) is 51.8 Å². The van der Waals surface area contributed by atoms with E-state index in [0.29, 0.717) is 0 Å². The predicted molar refractivity (Wildman–Crippen MR) is 279 cm³/mol. The standard InChI is InChI=1S/C61H52N7/c1-41-7-13-46(14-8-41)58-50-19-21-52(62-50)59(47-15-9-42(2)10-16-47)54-23-25-56(64-54)61(57-26-24-55(65-57)60(53-22-20-51(58)63-53)48-17-11-43(3)12-18-48)49-31-39-68(40-32-49)34-6-5-33-67-37-29-45(30-38-67)44-27-35-66(4)36-28-44/h7-32,35-40H,5-6,33-34H2,1-4H3/q+1/p+2. The van der Waals surface area contributed by atoms with E-state index in [1.165, 1.54) is 27.8 Å². The second kappa shape index (κ2) is 18.2. The lowest BCUT2D eigenvalue weighted by molar-refractivity contribution is -0.697. The van der Waals surface area contributed by atoms with Gasteiger partial charge in [-0.1, -0.05) is 89.5 Å². The number of benzene rings is 3. The van der Waals surface area contributed by atoms with Gasteiger partial charge in [0.2, 0.25) is 22.8 Å². The lowest BCUT2D eigenvalue weighted by Crippen LogP contribution is -2.71. The van der Waals surface area contributed by atoms with E-state index in [-0.39, 0.29) is 0 Å². The average molecular weight is 885 g/mol. The minimum atomic E-state index is 0.876. The molecule has 4 aromatic rings. The van der Waals surface area contributed by atoms with E-state index in [2.05, 4.69) is 240 Å². The summed E-state index contributed by atoms with van der Waals surface area (Å²) in [7, 11) is 2.04. The van der Waals surface area contributed by atoms with Crippen LogP contribution in [0, 0.1) is 20.8 Å². The van der Waals surface area contributed by atoms with Crippen LogP contribution in [-0.4, -0.2) is 46.2 Å². The first-order chi connectivity index (χ1) is 33.3. The van der Waals surface area contributed by atoms with E-state index in [1.54, 1.807) is 0 Å². The fourth-order valence-electron chi connectivity index (χ4n) is 9.44. The highest BCUT2D eigenvalue weighted by molar-refractivity contribution is 6.37. The van der Waals surface area contributed by atoms with Crippen molar-refractivity contribution in [2.24, 2.45) is 9.98 Å². The Labute approximate surface area is 399 Å². The summed E-state index contributed by atoms with van der Waals surface area (Å²) < 4.78 is 2.29. The van der Waals surface area contributed by atoms with Crippen LogP contribution in [-0.2, 0) is 6.54 Å². The molecular formula is C61H54N7+3. The van der Waals surface area contributed by atoms with Gasteiger partial charge in [-0.3, -0.25) is 0 Å². The summed E-state index contributed by atoms with van der Waals surface area (Å²) in [6, 6.07) is 30.7. The van der Waals surface area contributed by atoms with Gasteiger partial charge in [-0.25, -0.2) is 24.5 Å². The predicted octanol–water partition coefficient (Wildman–Crippen LogP) is 8.45. The van der Waals surface area contributed by atoms with E-state index in [0.717, 1.165) is 116 Å². The average Bonchev–Trinajstić information content (AvgIpc) is 4.22. The molecule has 3 aromatic carbocycles. The molecule has 8 heterocycles. The molecule has 0 radical (unpaired) electrons. The van der Waals surface area contributed by atoms with Gasteiger partial charge in [-0.05, 0) is 109 Å². The van der Waals surface area contributed by atoms with Gasteiger partial charge in [0.1, 0.15) is 12.1 Å². The third kappa shape index (κ3) is 8.62. The SMILES string of the molecule is Cc1ccc(C2=C3C=CC(=N3)C(c3cc[n+](CCCCN4C=CC(=C5C=CN(C)C=C5)C=C4)cc3)=C3C=CC(=N3)C(c3ccc(C)cc3)=C3C=CC(=[NH+]3)C(c3ccc(C)cc3)=C3C=CC2=[NH+]3)cc1. The first kappa shape index (κ1) is 42.4. The third-order valence-corrected chi connectivity index (χ3v) is 13.2. The number of pyridine rings is 1. The number of fused-ring (bicyclic) bond motifs is 4. The number of hydrogen-bond acceptors (Lipinski definition) is 4. The number of nitrogens with zero attached hydrogens (tertiary/aromatic N) is 5. The highest BCUT2D eigenvalue weighted by Crippen LogP contribution is 2.35. The molecule has 0 saturated carbocycles. The van der Waals surface area contributed by atoms with E-state index < -0.39 is 0 Å². The minimum Gasteiger partial charge on any atom is -0.357 e. The first-order valence-electron chi connectivity index (χ1n) is 23.6. The summed E-state index contributed by atoms with van der Waals surface area (Å²) in [5.74, 6) is 0. The van der Waals surface area contributed by atoms with Gasteiger partial charge in [0, 0.05) is 86.8 Å². The Hall–Kier alpha value is -8.29. The molecule has 330 valence electrons. The molecule has 0 fully saturated rings. The number of hydrogen-bond donors (Lipinski definition) is 2. The van der Waals surface area contributed by atoms with E-state index >= 15 is 0 Å². The smallest absolute Gasteiger partial charge is 0.218 e. The maximum atomic E-state index is 5.50. The molecule has 0 spiro atoms. The Morgan fingerprint density at radius 3 is 1.47 bits per heavy atom. The molecule has 0 aliphatic carbocycles. The highest BCUT2D eigenvalue weighted by Gasteiger charge is 2.33. The minimum absolute atomic E-state index is 0.876. The normalized spacial score (nSPS) is 18.1. The molecule has 11 rings (SSSR count). The van der Waals surface area contributed by atoms with Crippen molar-refractivity contribution < 1.29 is 14.6 Å². The van der Waals surface area contributed by atoms with Gasteiger partial charge in [-0.2, -0.15) is 0 Å². The number of rotatable bonds is 9. The lowest BCUT2D eigenvalue weighted by atomic mass is 9.97. The fraction of sp³-hybridized carbons (Fsp3) is 0.131. The van der Waals surface area contributed by atoms with Crippen molar-refractivity contribution in [1.29, 1.82) is 0 Å². The van der Waals surface area contributed by atoms with Crippen LogP contribution < -0.4 is 14.6 Å². The van der Waals surface area contributed by atoms with Crippen molar-refractivity contribution in [3.63, 3.8) is 0 Å². The molecule has 7 aliphatic rings. The largest absolute Gasteiger partial charge is 0.357 e. The monoisotopic (exact) mass is 884 g/mol. The number of allylic oxidation sites excluding steroid dienone is 18. The molecule has 8 bridgehead atoms. The highest BCUT2D eigenvalue weighted by atomic mass is 15.1. The van der Waals surface area contributed by atoms with E-state index in [4.69, 9.17) is 9.98 Å². The molecule has 7 heteroatoms. The summed E-state index contributed by atoms with van der Waals surface area (Å²) in [5.41, 5.74) is 22.2. The number of nitrogens with one attached hydrogen (secondary N) is 2. The molecule has 1 aromatic heterocycles.